The van der Waals surface area contributed by atoms with Crippen LogP contribution in [0.15, 0.2) is 78.9 Å². The lowest BCUT2D eigenvalue weighted by molar-refractivity contribution is -0.142. The fraction of sp³-hybridized carbons (Fsp3) is 0.217. The molecule has 0 radical (unpaired) electrons. The third-order valence-electron chi connectivity index (χ3n) is 6.26. The van der Waals surface area contributed by atoms with Crippen LogP contribution in [0.5, 0.6) is 0 Å². The molecule has 0 aliphatic carbocycles. The first-order chi connectivity index (χ1) is 14.3. The van der Waals surface area contributed by atoms with Crippen LogP contribution in [0, 0.1) is 0 Å². The highest BCUT2D eigenvalue weighted by atomic mass is 29.3. The standard InChI is InChI=1S/C23H22F6Si2/c1-30(2,21-15-17(22(24,25)26)14-18(16-21)23(27,28)29)31(3,19-10-6-4-7-11-19)20-12-8-5-9-13-20/h4-16H,1-3H3. The lowest BCUT2D eigenvalue weighted by Crippen LogP contribution is -2.76. The van der Waals surface area contributed by atoms with Crippen molar-refractivity contribution in [2.45, 2.75) is 32.0 Å². The summed E-state index contributed by atoms with van der Waals surface area (Å²) in [6, 6.07) is 21.0. The van der Waals surface area contributed by atoms with Crippen LogP contribution < -0.4 is 15.6 Å². The van der Waals surface area contributed by atoms with E-state index in [0.717, 1.165) is 22.5 Å². The predicted molar refractivity (Wildman–Crippen MR) is 117 cm³/mol. The molecule has 8 heteroatoms. The van der Waals surface area contributed by atoms with E-state index < -0.39 is 38.7 Å². The lowest BCUT2D eigenvalue weighted by Gasteiger charge is -2.43. The highest BCUT2D eigenvalue weighted by Crippen LogP contribution is 2.36. The van der Waals surface area contributed by atoms with E-state index in [4.69, 9.17) is 0 Å². The molecule has 0 aromatic heterocycles. The zero-order chi connectivity index (χ0) is 23.1. The molecule has 0 atom stereocenters. The summed E-state index contributed by atoms with van der Waals surface area (Å²) < 4.78 is 81.2. The summed E-state index contributed by atoms with van der Waals surface area (Å²) in [6.45, 7) is 5.82. The maximum atomic E-state index is 13.5. The monoisotopic (exact) mass is 468 g/mol. The van der Waals surface area contributed by atoms with Crippen molar-refractivity contribution in [3.63, 3.8) is 0 Å². The lowest BCUT2D eigenvalue weighted by atomic mass is 10.1. The number of alkyl halides is 6. The summed E-state index contributed by atoms with van der Waals surface area (Å²) in [7, 11) is -5.63. The molecule has 0 fully saturated rings. The van der Waals surface area contributed by atoms with Crippen molar-refractivity contribution in [1.82, 2.24) is 0 Å². The normalized spacial score (nSPS) is 13.3. The van der Waals surface area contributed by atoms with Crippen LogP contribution in [0.25, 0.3) is 0 Å². The zero-order valence-corrected chi connectivity index (χ0v) is 19.3. The summed E-state index contributed by atoms with van der Waals surface area (Å²) >= 11 is 0. The fourth-order valence-electron chi connectivity index (χ4n) is 4.04. The van der Waals surface area contributed by atoms with Gasteiger partial charge < -0.3 is 0 Å². The van der Waals surface area contributed by atoms with Gasteiger partial charge in [-0.3, -0.25) is 0 Å². The first kappa shape index (κ1) is 23.3. The summed E-state index contributed by atoms with van der Waals surface area (Å²) in [5.74, 6) is 0. The van der Waals surface area contributed by atoms with Gasteiger partial charge in [0.05, 0.1) is 18.7 Å². The predicted octanol–water partition coefficient (Wildman–Crippen LogP) is 5.61. The van der Waals surface area contributed by atoms with Gasteiger partial charge in [-0.1, -0.05) is 108 Å². The van der Waals surface area contributed by atoms with Crippen molar-refractivity contribution in [1.29, 1.82) is 0 Å². The van der Waals surface area contributed by atoms with Crippen molar-refractivity contribution in [3.05, 3.63) is 90.0 Å². The van der Waals surface area contributed by atoms with Crippen LogP contribution in [-0.4, -0.2) is 15.2 Å². The fourth-order valence-corrected chi connectivity index (χ4v) is 16.6. The Hall–Kier alpha value is -2.33. The van der Waals surface area contributed by atoms with Gasteiger partial charge in [0.2, 0.25) is 0 Å². The highest BCUT2D eigenvalue weighted by molar-refractivity contribution is 7.54. The molecule has 0 aliphatic rings. The Labute approximate surface area is 179 Å². The molecular weight excluding hydrogens is 446 g/mol. The van der Waals surface area contributed by atoms with Crippen LogP contribution >= 0.6 is 0 Å². The smallest absolute Gasteiger partial charge is 0.166 e. The summed E-state index contributed by atoms with van der Waals surface area (Å²) in [6.07, 6.45) is -9.73. The number of hydrogen-bond donors (Lipinski definition) is 0. The van der Waals surface area contributed by atoms with E-state index in [2.05, 4.69) is 6.55 Å². The van der Waals surface area contributed by atoms with Gasteiger partial charge >= 0.3 is 12.4 Å². The largest absolute Gasteiger partial charge is 0.416 e. The maximum absolute atomic E-state index is 13.5. The second-order valence-corrected chi connectivity index (χ2v) is 22.3. The second kappa shape index (κ2) is 7.98. The van der Waals surface area contributed by atoms with Gasteiger partial charge in [-0.2, -0.15) is 26.3 Å². The second-order valence-electron chi connectivity index (χ2n) is 8.28. The van der Waals surface area contributed by atoms with Crippen LogP contribution in [0.1, 0.15) is 11.1 Å². The van der Waals surface area contributed by atoms with E-state index in [0.29, 0.717) is 0 Å². The molecule has 0 amide bonds. The minimum atomic E-state index is -4.86. The molecule has 0 saturated heterocycles. The van der Waals surface area contributed by atoms with Crippen molar-refractivity contribution < 1.29 is 26.3 Å². The first-order valence-electron chi connectivity index (χ1n) is 9.69. The molecule has 0 spiro atoms. The van der Waals surface area contributed by atoms with Crippen LogP contribution in [-0.2, 0) is 12.4 Å². The molecule has 31 heavy (non-hydrogen) atoms. The van der Waals surface area contributed by atoms with Crippen molar-refractivity contribution in [2.24, 2.45) is 0 Å². The van der Waals surface area contributed by atoms with E-state index >= 15 is 0 Å². The van der Waals surface area contributed by atoms with Crippen LogP contribution in [0.4, 0.5) is 26.3 Å². The molecule has 3 aromatic carbocycles. The van der Waals surface area contributed by atoms with E-state index in [-0.39, 0.29) is 11.3 Å². The molecule has 164 valence electrons. The Morgan fingerprint density at radius 3 is 1.19 bits per heavy atom. The molecule has 0 N–H and O–H groups in total. The van der Waals surface area contributed by atoms with Crippen molar-refractivity contribution in [3.8, 4) is 0 Å². The van der Waals surface area contributed by atoms with Gasteiger partial charge in [0, 0.05) is 0 Å². The van der Waals surface area contributed by atoms with E-state index in [1.165, 1.54) is 0 Å². The summed E-state index contributed by atoms with van der Waals surface area (Å²) in [5, 5.41) is 2.14. The molecular formula is C23H22F6Si2. The highest BCUT2D eigenvalue weighted by Gasteiger charge is 2.50. The topological polar surface area (TPSA) is 0 Å². The number of benzene rings is 3. The van der Waals surface area contributed by atoms with Gasteiger partial charge in [-0.25, -0.2) is 0 Å². The Balaban J connectivity index is 2.33. The van der Waals surface area contributed by atoms with Gasteiger partial charge in [0.15, 0.2) is 0 Å². The van der Waals surface area contributed by atoms with Gasteiger partial charge in [-0.15, -0.1) is 0 Å². The maximum Gasteiger partial charge on any atom is 0.416 e. The van der Waals surface area contributed by atoms with Gasteiger partial charge in [0.1, 0.15) is 7.59 Å². The Morgan fingerprint density at radius 1 is 0.516 bits per heavy atom. The average Bonchev–Trinajstić information content (AvgIpc) is 2.72. The summed E-state index contributed by atoms with van der Waals surface area (Å²) in [4.78, 5) is 0. The van der Waals surface area contributed by atoms with Crippen molar-refractivity contribution >= 4 is 30.7 Å². The van der Waals surface area contributed by atoms with E-state index in [9.17, 15) is 26.3 Å². The minimum absolute atomic E-state index is 0.163. The van der Waals surface area contributed by atoms with Crippen molar-refractivity contribution in [2.75, 3.05) is 0 Å². The number of rotatable bonds is 4. The minimum Gasteiger partial charge on any atom is -0.166 e. The number of halogens is 6. The molecule has 3 rings (SSSR count). The molecule has 0 saturated carbocycles. The molecule has 3 aromatic rings. The number of hydrogen-bond acceptors (Lipinski definition) is 0. The van der Waals surface area contributed by atoms with Gasteiger partial charge in [-0.05, 0) is 6.07 Å². The van der Waals surface area contributed by atoms with Crippen LogP contribution in [0.2, 0.25) is 19.6 Å². The SMILES string of the molecule is C[Si](C)(c1cc(C(F)(F)F)cc(C(F)(F)F)c1)[Si](C)(c1ccccc1)c1ccccc1. The Morgan fingerprint density at radius 2 is 0.871 bits per heavy atom. The first-order valence-corrected chi connectivity index (χ1v) is 16.2. The third kappa shape index (κ3) is 4.36. The summed E-state index contributed by atoms with van der Waals surface area (Å²) in [5.41, 5.74) is -2.51. The Bertz CT molecular complexity index is 969. The third-order valence-corrected chi connectivity index (χ3v) is 23.6. The zero-order valence-electron chi connectivity index (χ0n) is 17.3. The van der Waals surface area contributed by atoms with Gasteiger partial charge in [0.25, 0.3) is 0 Å². The molecule has 0 aliphatic heterocycles. The molecule has 0 heterocycles. The molecule has 0 bridgehead atoms. The Kier molecular flexibility index (Phi) is 6.01. The molecule has 0 unspecified atom stereocenters. The van der Waals surface area contributed by atoms with Crippen LogP contribution in [0.3, 0.4) is 0 Å². The quantitative estimate of drug-likeness (QED) is 0.345. The van der Waals surface area contributed by atoms with E-state index in [1.54, 1.807) is 0 Å². The van der Waals surface area contributed by atoms with E-state index in [1.807, 2.05) is 73.8 Å². The average molecular weight is 469 g/mol. The molecule has 0 nitrogen and oxygen atoms in total.